The molecule has 0 saturated carbocycles. The zero-order chi connectivity index (χ0) is 16.2. The average Bonchev–Trinajstić information content (AvgIpc) is 3.03. The molecule has 7 heteroatoms. The third-order valence-electron chi connectivity index (χ3n) is 4.32. The maximum Gasteiger partial charge on any atom is 0.278 e. The van der Waals surface area contributed by atoms with Crippen LogP contribution in [0, 0.1) is 10.1 Å². The zero-order valence-corrected chi connectivity index (χ0v) is 15.2. The first-order valence-electron chi connectivity index (χ1n) is 7.89. The average molecular weight is 368 g/mol. The molecule has 130 valence electrons. The van der Waals surface area contributed by atoms with E-state index >= 15 is 0 Å². The van der Waals surface area contributed by atoms with E-state index in [1.165, 1.54) is 17.7 Å². The van der Waals surface area contributed by atoms with E-state index in [-0.39, 0.29) is 23.0 Å². The first-order valence-corrected chi connectivity index (χ1v) is 8.71. The Hall–Kier alpha value is -1.47. The first kappa shape index (κ1) is 18.9. The molecule has 0 spiro atoms. The van der Waals surface area contributed by atoms with Crippen LogP contribution in [0.2, 0.25) is 0 Å². The van der Waals surface area contributed by atoms with Crippen molar-refractivity contribution in [2.45, 2.75) is 25.4 Å². The topological polar surface area (TPSA) is 58.4 Å². The number of nitrogens with zero attached hydrogens (tertiary/aromatic N) is 2. The number of likely N-dealkylation sites (tertiary alicyclic amines) is 1. The molecule has 2 heterocycles. The van der Waals surface area contributed by atoms with Crippen molar-refractivity contribution in [2.24, 2.45) is 0 Å². The highest BCUT2D eigenvalue weighted by atomic mass is 35.5. The molecule has 3 rings (SSSR count). The Morgan fingerprint density at radius 2 is 2.12 bits per heavy atom. The largest absolute Gasteiger partial charge is 0.316 e. The van der Waals surface area contributed by atoms with Crippen LogP contribution in [0.5, 0.6) is 0 Å². The summed E-state index contributed by atoms with van der Waals surface area (Å²) < 4.78 is 0. The maximum atomic E-state index is 11.2. The molecule has 1 aliphatic rings. The van der Waals surface area contributed by atoms with Gasteiger partial charge in [-0.25, -0.2) is 0 Å². The minimum absolute atomic E-state index is 0. The lowest BCUT2D eigenvalue weighted by Crippen LogP contribution is -2.43. The van der Waals surface area contributed by atoms with E-state index in [2.05, 4.69) is 16.3 Å². The number of hydrogen-bond donors (Lipinski definition) is 1. The molecule has 2 aromatic rings. The fraction of sp³-hybridized carbons (Fsp3) is 0.412. The first-order chi connectivity index (χ1) is 11.2. The standard InChI is InChI=1S/C17H21N3O2S.ClH/c1-18-13-5-4-10-19(11-13)12-14-8-9-17(23-14)15-6-2-3-7-16(15)20(21)22;/h2-3,6-9,13,18H,4-5,10-12H2,1H3;1H. The number of para-hydroxylation sites is 1. The van der Waals surface area contributed by atoms with Crippen LogP contribution in [0.25, 0.3) is 10.4 Å². The Morgan fingerprint density at radius 1 is 1.33 bits per heavy atom. The number of benzene rings is 1. The molecule has 0 amide bonds. The predicted molar refractivity (Wildman–Crippen MR) is 101 cm³/mol. The summed E-state index contributed by atoms with van der Waals surface area (Å²) in [6.45, 7) is 3.11. The fourth-order valence-electron chi connectivity index (χ4n) is 3.10. The number of nitro benzene ring substituents is 1. The molecule has 0 bridgehead atoms. The molecule has 5 nitrogen and oxygen atoms in total. The van der Waals surface area contributed by atoms with Crippen LogP contribution in [0.1, 0.15) is 17.7 Å². The molecule has 1 aromatic heterocycles. The second-order valence-corrected chi connectivity index (χ2v) is 7.07. The number of piperidine rings is 1. The van der Waals surface area contributed by atoms with Gasteiger partial charge in [0.2, 0.25) is 0 Å². The summed E-state index contributed by atoms with van der Waals surface area (Å²) in [7, 11) is 2.02. The molecular weight excluding hydrogens is 346 g/mol. The minimum Gasteiger partial charge on any atom is -0.316 e. The molecule has 0 radical (unpaired) electrons. The van der Waals surface area contributed by atoms with Crippen molar-refractivity contribution in [1.29, 1.82) is 0 Å². The molecular formula is C17H22ClN3O2S. The number of nitrogens with one attached hydrogen (secondary N) is 1. The van der Waals surface area contributed by atoms with Crippen LogP contribution < -0.4 is 5.32 Å². The Bertz CT molecular complexity index is 692. The second-order valence-electron chi connectivity index (χ2n) is 5.90. The molecule has 1 unspecified atom stereocenters. The molecule has 1 aliphatic heterocycles. The molecule has 0 aliphatic carbocycles. The van der Waals surface area contributed by atoms with Gasteiger partial charge in [0.1, 0.15) is 0 Å². The fourth-order valence-corrected chi connectivity index (χ4v) is 4.19. The molecule has 1 fully saturated rings. The normalized spacial score (nSPS) is 18.1. The van der Waals surface area contributed by atoms with Gasteiger partial charge in [-0.05, 0) is 44.6 Å². The summed E-state index contributed by atoms with van der Waals surface area (Å²) in [6.07, 6.45) is 2.45. The highest BCUT2D eigenvalue weighted by Crippen LogP contribution is 2.35. The van der Waals surface area contributed by atoms with Gasteiger partial charge >= 0.3 is 0 Å². The van der Waals surface area contributed by atoms with Crippen molar-refractivity contribution in [3.8, 4) is 10.4 Å². The van der Waals surface area contributed by atoms with Gasteiger partial charge in [0.25, 0.3) is 5.69 Å². The lowest BCUT2D eigenvalue weighted by molar-refractivity contribution is -0.384. The van der Waals surface area contributed by atoms with Gasteiger partial charge < -0.3 is 5.32 Å². The van der Waals surface area contributed by atoms with Crippen LogP contribution in [0.15, 0.2) is 36.4 Å². The molecule has 1 atom stereocenters. The summed E-state index contributed by atoms with van der Waals surface area (Å²) in [5.74, 6) is 0. The van der Waals surface area contributed by atoms with Gasteiger partial charge in [-0.3, -0.25) is 15.0 Å². The van der Waals surface area contributed by atoms with E-state index in [0.29, 0.717) is 11.6 Å². The summed E-state index contributed by atoms with van der Waals surface area (Å²) in [4.78, 5) is 15.6. The highest BCUT2D eigenvalue weighted by Gasteiger charge is 2.20. The third-order valence-corrected chi connectivity index (χ3v) is 5.42. The summed E-state index contributed by atoms with van der Waals surface area (Å²) >= 11 is 1.65. The second kappa shape index (κ2) is 8.58. The number of rotatable bonds is 5. The Labute approximate surface area is 152 Å². The quantitative estimate of drug-likeness (QED) is 0.642. The predicted octanol–water partition coefficient (Wildman–Crippen LogP) is 3.93. The summed E-state index contributed by atoms with van der Waals surface area (Å²) in [5, 5.41) is 14.5. The van der Waals surface area contributed by atoms with E-state index in [4.69, 9.17) is 0 Å². The third kappa shape index (κ3) is 4.33. The summed E-state index contributed by atoms with van der Waals surface area (Å²) in [6, 6.07) is 11.6. The Morgan fingerprint density at radius 3 is 2.88 bits per heavy atom. The lowest BCUT2D eigenvalue weighted by atomic mass is 10.1. The van der Waals surface area contributed by atoms with Gasteiger partial charge in [-0.15, -0.1) is 23.7 Å². The van der Waals surface area contributed by atoms with E-state index in [9.17, 15) is 10.1 Å². The van der Waals surface area contributed by atoms with Crippen molar-refractivity contribution >= 4 is 29.4 Å². The van der Waals surface area contributed by atoms with Crippen LogP contribution in [-0.4, -0.2) is 36.0 Å². The number of halogens is 1. The van der Waals surface area contributed by atoms with Crippen molar-refractivity contribution in [1.82, 2.24) is 10.2 Å². The van der Waals surface area contributed by atoms with Crippen molar-refractivity contribution in [2.75, 3.05) is 20.1 Å². The van der Waals surface area contributed by atoms with Gasteiger partial charge in [-0.2, -0.15) is 0 Å². The Kier molecular flexibility index (Phi) is 6.74. The molecule has 24 heavy (non-hydrogen) atoms. The molecule has 1 N–H and O–H groups in total. The zero-order valence-electron chi connectivity index (χ0n) is 13.6. The van der Waals surface area contributed by atoms with Gasteiger partial charge in [0.05, 0.1) is 10.5 Å². The monoisotopic (exact) mass is 367 g/mol. The van der Waals surface area contributed by atoms with E-state index in [1.54, 1.807) is 23.5 Å². The highest BCUT2D eigenvalue weighted by molar-refractivity contribution is 7.15. The minimum atomic E-state index is -0.309. The number of nitro groups is 1. The van der Waals surface area contributed by atoms with Gasteiger partial charge in [0.15, 0.2) is 0 Å². The molecule has 1 aromatic carbocycles. The van der Waals surface area contributed by atoms with E-state index in [0.717, 1.165) is 24.5 Å². The van der Waals surface area contributed by atoms with Crippen molar-refractivity contribution in [3.05, 3.63) is 51.4 Å². The Balaban J connectivity index is 0.00000208. The van der Waals surface area contributed by atoms with Gasteiger partial charge in [0, 0.05) is 35.0 Å². The molecule has 1 saturated heterocycles. The van der Waals surface area contributed by atoms with Crippen molar-refractivity contribution < 1.29 is 4.92 Å². The maximum absolute atomic E-state index is 11.2. The van der Waals surface area contributed by atoms with Crippen molar-refractivity contribution in [3.63, 3.8) is 0 Å². The van der Waals surface area contributed by atoms with E-state index in [1.807, 2.05) is 25.2 Å². The lowest BCUT2D eigenvalue weighted by Gasteiger charge is -2.32. The van der Waals surface area contributed by atoms with Crippen LogP contribution >= 0.6 is 23.7 Å². The van der Waals surface area contributed by atoms with Crippen LogP contribution in [0.3, 0.4) is 0 Å². The van der Waals surface area contributed by atoms with Gasteiger partial charge in [-0.1, -0.05) is 12.1 Å². The SMILES string of the molecule is CNC1CCCN(Cc2ccc(-c3ccccc3[N+](=O)[O-])s2)C1.Cl. The number of thiophene rings is 1. The van der Waals surface area contributed by atoms with Crippen LogP contribution in [0.4, 0.5) is 5.69 Å². The van der Waals surface area contributed by atoms with E-state index < -0.39 is 0 Å². The number of likely N-dealkylation sites (N-methyl/N-ethyl adjacent to an activating group) is 1. The smallest absolute Gasteiger partial charge is 0.278 e. The number of hydrogen-bond acceptors (Lipinski definition) is 5. The summed E-state index contributed by atoms with van der Waals surface area (Å²) in [5.41, 5.74) is 0.884. The van der Waals surface area contributed by atoms with Crippen LogP contribution in [-0.2, 0) is 6.54 Å².